The van der Waals surface area contributed by atoms with Gasteiger partial charge in [-0.05, 0) is 28.7 Å². The molecule has 0 aliphatic heterocycles. The van der Waals surface area contributed by atoms with E-state index in [1.165, 1.54) is 11.8 Å². The molecule has 1 aromatic heterocycles. The van der Waals surface area contributed by atoms with Gasteiger partial charge in [-0.2, -0.15) is 0 Å². The van der Waals surface area contributed by atoms with Gasteiger partial charge in [0.15, 0.2) is 5.76 Å². The maximum atomic E-state index is 12.1. The molecule has 0 atom stereocenters. The van der Waals surface area contributed by atoms with Crippen molar-refractivity contribution in [2.45, 2.75) is 32.7 Å². The van der Waals surface area contributed by atoms with Crippen LogP contribution in [-0.2, 0) is 12.0 Å². The number of nitrogens with zero attached hydrogens (tertiary/aromatic N) is 1. The zero-order chi connectivity index (χ0) is 14.8. The lowest BCUT2D eigenvalue weighted by Crippen LogP contribution is -2.25. The summed E-state index contributed by atoms with van der Waals surface area (Å²) in [5, 5.41) is 0. The van der Waals surface area contributed by atoms with Crippen molar-refractivity contribution >= 4 is 5.91 Å². The Bertz CT molecular complexity index is 562. The van der Waals surface area contributed by atoms with Crippen LogP contribution in [0.3, 0.4) is 0 Å². The summed E-state index contributed by atoms with van der Waals surface area (Å²) in [7, 11) is 1.78. The third kappa shape index (κ3) is 3.29. The predicted molar refractivity (Wildman–Crippen MR) is 79.6 cm³/mol. The summed E-state index contributed by atoms with van der Waals surface area (Å²) in [5.41, 5.74) is 2.55. The molecule has 0 unspecified atom stereocenters. The van der Waals surface area contributed by atoms with E-state index in [2.05, 4.69) is 45.0 Å². The van der Waals surface area contributed by atoms with Gasteiger partial charge in [0.25, 0.3) is 5.91 Å². The van der Waals surface area contributed by atoms with Crippen molar-refractivity contribution in [3.05, 3.63) is 59.5 Å². The van der Waals surface area contributed by atoms with Gasteiger partial charge in [-0.25, -0.2) is 0 Å². The van der Waals surface area contributed by atoms with Crippen LogP contribution in [-0.4, -0.2) is 17.9 Å². The molecule has 106 valence electrons. The number of carbonyl (C=O) groups excluding carboxylic acids is 1. The minimum absolute atomic E-state index is 0.102. The lowest BCUT2D eigenvalue weighted by atomic mass is 9.87. The van der Waals surface area contributed by atoms with Crippen LogP contribution in [0.1, 0.15) is 42.5 Å². The second-order valence-electron chi connectivity index (χ2n) is 6.09. The predicted octanol–water partition coefficient (Wildman–Crippen LogP) is 3.85. The zero-order valence-electron chi connectivity index (χ0n) is 12.5. The molecule has 1 heterocycles. The molecule has 0 saturated heterocycles. The molecule has 2 aromatic rings. The van der Waals surface area contributed by atoms with Crippen LogP contribution < -0.4 is 0 Å². The average molecular weight is 271 g/mol. The molecule has 0 aliphatic rings. The van der Waals surface area contributed by atoms with Gasteiger partial charge in [-0.15, -0.1) is 0 Å². The van der Waals surface area contributed by atoms with Gasteiger partial charge in [0, 0.05) is 13.6 Å². The highest BCUT2D eigenvalue weighted by Gasteiger charge is 2.16. The van der Waals surface area contributed by atoms with E-state index in [1.807, 2.05) is 0 Å². The molecule has 0 saturated carbocycles. The molecule has 1 amide bonds. The molecule has 0 radical (unpaired) electrons. The van der Waals surface area contributed by atoms with Gasteiger partial charge < -0.3 is 9.32 Å². The van der Waals surface area contributed by atoms with Crippen molar-refractivity contribution in [2.24, 2.45) is 0 Å². The Hall–Kier alpha value is -2.03. The number of benzene rings is 1. The first kappa shape index (κ1) is 14.4. The van der Waals surface area contributed by atoms with Crippen LogP contribution in [0, 0.1) is 0 Å². The number of hydrogen-bond donors (Lipinski definition) is 0. The molecular formula is C17H21NO2. The minimum atomic E-state index is -0.102. The summed E-state index contributed by atoms with van der Waals surface area (Å²) in [5.74, 6) is 0.272. The minimum Gasteiger partial charge on any atom is -0.459 e. The second-order valence-corrected chi connectivity index (χ2v) is 6.09. The number of furan rings is 1. The van der Waals surface area contributed by atoms with Crippen LogP contribution in [0.15, 0.2) is 47.1 Å². The SMILES string of the molecule is CN(Cc1ccc(C(C)(C)C)cc1)C(=O)c1ccco1. The second kappa shape index (κ2) is 5.53. The van der Waals surface area contributed by atoms with E-state index in [1.54, 1.807) is 24.1 Å². The number of amides is 1. The normalized spacial score (nSPS) is 11.4. The highest BCUT2D eigenvalue weighted by Crippen LogP contribution is 2.22. The Kier molecular flexibility index (Phi) is 3.98. The fraction of sp³-hybridized carbons (Fsp3) is 0.353. The third-order valence-electron chi connectivity index (χ3n) is 3.32. The Morgan fingerprint density at radius 2 is 1.80 bits per heavy atom. The lowest BCUT2D eigenvalue weighted by Gasteiger charge is -2.20. The maximum Gasteiger partial charge on any atom is 0.289 e. The summed E-state index contributed by atoms with van der Waals surface area (Å²) in [4.78, 5) is 13.7. The Balaban J connectivity index is 2.05. The maximum absolute atomic E-state index is 12.1. The van der Waals surface area contributed by atoms with E-state index < -0.39 is 0 Å². The van der Waals surface area contributed by atoms with E-state index in [-0.39, 0.29) is 11.3 Å². The van der Waals surface area contributed by atoms with Crippen molar-refractivity contribution in [1.29, 1.82) is 0 Å². The summed E-state index contributed by atoms with van der Waals surface area (Å²) < 4.78 is 5.13. The average Bonchev–Trinajstić information content (AvgIpc) is 2.91. The molecule has 20 heavy (non-hydrogen) atoms. The van der Waals surface area contributed by atoms with Gasteiger partial charge >= 0.3 is 0 Å². The van der Waals surface area contributed by atoms with Crippen LogP contribution in [0.2, 0.25) is 0 Å². The topological polar surface area (TPSA) is 33.5 Å². The smallest absolute Gasteiger partial charge is 0.289 e. The van der Waals surface area contributed by atoms with E-state index in [0.717, 1.165) is 5.56 Å². The fourth-order valence-electron chi connectivity index (χ4n) is 2.04. The molecule has 0 aliphatic carbocycles. The molecule has 1 aromatic carbocycles. The van der Waals surface area contributed by atoms with Crippen molar-refractivity contribution in [2.75, 3.05) is 7.05 Å². The fourth-order valence-corrected chi connectivity index (χ4v) is 2.04. The molecule has 0 spiro atoms. The third-order valence-corrected chi connectivity index (χ3v) is 3.32. The van der Waals surface area contributed by atoms with Crippen LogP contribution in [0.25, 0.3) is 0 Å². The quantitative estimate of drug-likeness (QED) is 0.849. The van der Waals surface area contributed by atoms with E-state index in [9.17, 15) is 4.79 Å². The van der Waals surface area contributed by atoms with Crippen LogP contribution in [0.5, 0.6) is 0 Å². The van der Waals surface area contributed by atoms with Gasteiger partial charge in [0.1, 0.15) is 0 Å². The molecule has 0 N–H and O–H groups in total. The monoisotopic (exact) mass is 271 g/mol. The Morgan fingerprint density at radius 3 is 2.30 bits per heavy atom. The standard InChI is InChI=1S/C17H21NO2/c1-17(2,3)14-9-7-13(8-10-14)12-18(4)16(19)15-6-5-11-20-15/h5-11H,12H2,1-4H3. The highest BCUT2D eigenvalue weighted by molar-refractivity contribution is 5.91. The first-order chi connectivity index (χ1) is 9.38. The largest absolute Gasteiger partial charge is 0.459 e. The van der Waals surface area contributed by atoms with E-state index in [0.29, 0.717) is 12.3 Å². The van der Waals surface area contributed by atoms with E-state index >= 15 is 0 Å². The van der Waals surface area contributed by atoms with Crippen molar-refractivity contribution in [3.8, 4) is 0 Å². The lowest BCUT2D eigenvalue weighted by molar-refractivity contribution is 0.0753. The zero-order valence-corrected chi connectivity index (χ0v) is 12.5. The summed E-state index contributed by atoms with van der Waals surface area (Å²) >= 11 is 0. The number of carbonyl (C=O) groups is 1. The first-order valence-electron chi connectivity index (χ1n) is 6.76. The number of hydrogen-bond acceptors (Lipinski definition) is 2. The number of rotatable bonds is 3. The van der Waals surface area contributed by atoms with Crippen LogP contribution >= 0.6 is 0 Å². The summed E-state index contributed by atoms with van der Waals surface area (Å²) in [6.07, 6.45) is 1.51. The molecule has 3 nitrogen and oxygen atoms in total. The van der Waals surface area contributed by atoms with Gasteiger partial charge in [0.2, 0.25) is 0 Å². The van der Waals surface area contributed by atoms with Crippen molar-refractivity contribution in [3.63, 3.8) is 0 Å². The molecule has 0 bridgehead atoms. The van der Waals surface area contributed by atoms with Crippen molar-refractivity contribution in [1.82, 2.24) is 4.90 Å². The summed E-state index contributed by atoms with van der Waals surface area (Å²) in [6, 6.07) is 11.8. The van der Waals surface area contributed by atoms with Crippen molar-refractivity contribution < 1.29 is 9.21 Å². The van der Waals surface area contributed by atoms with Gasteiger partial charge in [0.05, 0.1) is 6.26 Å². The molecule has 3 heteroatoms. The van der Waals surface area contributed by atoms with E-state index in [4.69, 9.17) is 4.42 Å². The molecular weight excluding hydrogens is 250 g/mol. The van der Waals surface area contributed by atoms with Gasteiger partial charge in [-0.1, -0.05) is 45.0 Å². The Morgan fingerprint density at radius 1 is 1.15 bits per heavy atom. The highest BCUT2D eigenvalue weighted by atomic mass is 16.3. The molecule has 0 fully saturated rings. The van der Waals surface area contributed by atoms with Crippen LogP contribution in [0.4, 0.5) is 0 Å². The first-order valence-corrected chi connectivity index (χ1v) is 6.76. The summed E-state index contributed by atoms with van der Waals surface area (Å²) in [6.45, 7) is 7.14. The Labute approximate surface area is 120 Å². The van der Waals surface area contributed by atoms with Gasteiger partial charge in [-0.3, -0.25) is 4.79 Å². The molecule has 2 rings (SSSR count).